The lowest BCUT2D eigenvalue weighted by atomic mass is 9.88. The normalized spacial score (nSPS) is 17.0. The Morgan fingerprint density at radius 2 is 2.04 bits per heavy atom. The highest BCUT2D eigenvalue weighted by Gasteiger charge is 2.33. The molecule has 0 spiro atoms. The van der Waals surface area contributed by atoms with E-state index >= 15 is 0 Å². The maximum Gasteiger partial charge on any atom is 0.233 e. The number of halogens is 1. The molecule has 0 bridgehead atoms. The Hall–Kier alpha value is -1.15. The fourth-order valence-electron chi connectivity index (χ4n) is 3.11. The summed E-state index contributed by atoms with van der Waals surface area (Å²) in [6.07, 6.45) is 1.25. The van der Waals surface area contributed by atoms with Crippen molar-refractivity contribution in [3.05, 3.63) is 34.3 Å². The van der Waals surface area contributed by atoms with Crippen molar-refractivity contribution in [3.63, 3.8) is 0 Å². The molecule has 1 N–H and O–H groups in total. The average molecular weight is 389 g/mol. The number of carbonyl (C=O) groups excluding carboxylic acids is 1. The van der Waals surface area contributed by atoms with E-state index < -0.39 is 16.1 Å². The van der Waals surface area contributed by atoms with Gasteiger partial charge in [0.15, 0.2) is 0 Å². The first-order valence-corrected chi connectivity index (χ1v) is 10.2. The first-order chi connectivity index (χ1) is 11.5. The minimum atomic E-state index is -3.64. The smallest absolute Gasteiger partial charge is 0.233 e. The number of sulfonamides is 1. The Kier molecular flexibility index (Phi) is 6.14. The highest BCUT2D eigenvalue weighted by molar-refractivity contribution is 7.89. The van der Waals surface area contributed by atoms with Gasteiger partial charge in [-0.05, 0) is 41.5 Å². The summed E-state index contributed by atoms with van der Waals surface area (Å²) in [5.41, 5.74) is 1.76. The SMILES string of the molecule is CC(C)(C)CC(CS(=O)(=O)N1CCc2ccc(Cl)cc2C1)N(O)C=O. The second kappa shape index (κ2) is 7.61. The van der Waals surface area contributed by atoms with Gasteiger partial charge in [0.1, 0.15) is 0 Å². The van der Waals surface area contributed by atoms with Crippen LogP contribution >= 0.6 is 11.6 Å². The number of benzene rings is 1. The molecule has 25 heavy (non-hydrogen) atoms. The fourth-order valence-corrected chi connectivity index (χ4v) is 4.98. The third-order valence-electron chi connectivity index (χ3n) is 4.27. The van der Waals surface area contributed by atoms with Crippen LogP contribution in [0.1, 0.15) is 38.3 Å². The number of rotatable bonds is 6. The van der Waals surface area contributed by atoms with Crippen LogP contribution in [0.15, 0.2) is 18.2 Å². The molecule has 0 fully saturated rings. The van der Waals surface area contributed by atoms with Crippen LogP contribution in [0, 0.1) is 5.41 Å². The summed E-state index contributed by atoms with van der Waals surface area (Å²) in [4.78, 5) is 10.9. The molecule has 2 rings (SSSR count). The van der Waals surface area contributed by atoms with Gasteiger partial charge in [-0.2, -0.15) is 4.31 Å². The molecular weight excluding hydrogens is 364 g/mol. The molecule has 1 aromatic rings. The molecule has 1 aliphatic rings. The van der Waals surface area contributed by atoms with Crippen molar-refractivity contribution in [2.75, 3.05) is 12.3 Å². The van der Waals surface area contributed by atoms with Gasteiger partial charge in [-0.25, -0.2) is 13.5 Å². The van der Waals surface area contributed by atoms with Crippen molar-refractivity contribution in [3.8, 4) is 0 Å². The molecule has 1 heterocycles. The van der Waals surface area contributed by atoms with Crippen molar-refractivity contribution >= 4 is 28.0 Å². The van der Waals surface area contributed by atoms with Gasteiger partial charge in [0, 0.05) is 18.1 Å². The van der Waals surface area contributed by atoms with Gasteiger partial charge in [0.25, 0.3) is 0 Å². The molecular formula is C17H25ClN2O4S. The maximum atomic E-state index is 12.8. The zero-order valence-corrected chi connectivity index (χ0v) is 16.3. The first-order valence-electron chi connectivity index (χ1n) is 8.19. The monoisotopic (exact) mass is 388 g/mol. The number of hydrogen-bond donors (Lipinski definition) is 1. The summed E-state index contributed by atoms with van der Waals surface area (Å²) in [7, 11) is -3.64. The van der Waals surface area contributed by atoms with Gasteiger partial charge in [0.05, 0.1) is 11.8 Å². The minimum Gasteiger partial charge on any atom is -0.286 e. The van der Waals surface area contributed by atoms with Crippen molar-refractivity contribution in [2.24, 2.45) is 5.41 Å². The number of carbonyl (C=O) groups is 1. The highest BCUT2D eigenvalue weighted by Crippen LogP contribution is 2.27. The Balaban J connectivity index is 2.18. The van der Waals surface area contributed by atoms with E-state index in [1.807, 2.05) is 26.8 Å². The summed E-state index contributed by atoms with van der Waals surface area (Å²) < 4.78 is 27.1. The average Bonchev–Trinajstić information content (AvgIpc) is 2.51. The molecule has 140 valence electrons. The molecule has 1 aromatic carbocycles. The number of fused-ring (bicyclic) bond motifs is 1. The second-order valence-corrected chi connectivity index (χ2v) is 10.1. The highest BCUT2D eigenvalue weighted by atomic mass is 35.5. The summed E-state index contributed by atoms with van der Waals surface area (Å²) >= 11 is 6.01. The zero-order valence-electron chi connectivity index (χ0n) is 14.8. The van der Waals surface area contributed by atoms with E-state index in [0.29, 0.717) is 29.5 Å². The largest absolute Gasteiger partial charge is 0.286 e. The van der Waals surface area contributed by atoms with E-state index in [0.717, 1.165) is 11.1 Å². The van der Waals surface area contributed by atoms with Crippen LogP contribution in [0.2, 0.25) is 5.02 Å². The lowest BCUT2D eigenvalue weighted by Gasteiger charge is -2.33. The van der Waals surface area contributed by atoms with Crippen LogP contribution in [0.5, 0.6) is 0 Å². The molecule has 8 heteroatoms. The predicted octanol–water partition coefficient (Wildman–Crippen LogP) is 2.68. The summed E-state index contributed by atoms with van der Waals surface area (Å²) in [6, 6.07) is 4.72. The fraction of sp³-hybridized carbons (Fsp3) is 0.588. The number of hydrogen-bond acceptors (Lipinski definition) is 4. The van der Waals surface area contributed by atoms with Gasteiger partial charge in [-0.3, -0.25) is 10.0 Å². The van der Waals surface area contributed by atoms with Crippen molar-refractivity contribution in [1.82, 2.24) is 9.37 Å². The van der Waals surface area contributed by atoms with Crippen molar-refractivity contribution in [1.29, 1.82) is 0 Å². The van der Waals surface area contributed by atoms with Gasteiger partial charge in [-0.1, -0.05) is 38.4 Å². The van der Waals surface area contributed by atoms with E-state index in [1.165, 1.54) is 4.31 Å². The Morgan fingerprint density at radius 3 is 2.64 bits per heavy atom. The van der Waals surface area contributed by atoms with Crippen LogP contribution in [-0.2, 0) is 27.8 Å². The van der Waals surface area contributed by atoms with E-state index in [4.69, 9.17) is 11.6 Å². The van der Waals surface area contributed by atoms with E-state index in [9.17, 15) is 18.4 Å². The molecule has 0 aromatic heterocycles. The molecule has 1 unspecified atom stereocenters. The Morgan fingerprint density at radius 1 is 1.36 bits per heavy atom. The minimum absolute atomic E-state index is 0.230. The Bertz CT molecular complexity index is 731. The van der Waals surface area contributed by atoms with Crippen molar-refractivity contribution < 1.29 is 18.4 Å². The summed E-state index contributed by atoms with van der Waals surface area (Å²) in [5.74, 6) is -0.310. The lowest BCUT2D eigenvalue weighted by Crippen LogP contribution is -2.45. The molecule has 1 atom stereocenters. The number of nitrogens with zero attached hydrogens (tertiary/aromatic N) is 2. The Labute approximate surface area is 154 Å². The third-order valence-corrected chi connectivity index (χ3v) is 6.41. The van der Waals surface area contributed by atoms with Gasteiger partial charge in [-0.15, -0.1) is 0 Å². The molecule has 6 nitrogen and oxygen atoms in total. The van der Waals surface area contributed by atoms with Crippen molar-refractivity contribution in [2.45, 2.75) is 46.2 Å². The second-order valence-electron chi connectivity index (χ2n) is 7.68. The van der Waals surface area contributed by atoms with Crippen LogP contribution < -0.4 is 0 Å². The van der Waals surface area contributed by atoms with E-state index in [1.54, 1.807) is 12.1 Å². The first kappa shape index (κ1) is 20.2. The molecule has 1 amide bonds. The molecule has 0 saturated carbocycles. The van der Waals surface area contributed by atoms with Crippen LogP contribution in [-0.4, -0.2) is 47.7 Å². The third kappa shape index (κ3) is 5.41. The molecule has 0 aliphatic carbocycles. The summed E-state index contributed by atoms with van der Waals surface area (Å²) in [5, 5.41) is 10.8. The number of amides is 1. The lowest BCUT2D eigenvalue weighted by molar-refractivity contribution is -0.160. The van der Waals surface area contributed by atoms with Gasteiger partial charge >= 0.3 is 0 Å². The summed E-state index contributed by atoms with van der Waals surface area (Å²) in [6.45, 7) is 6.44. The number of hydroxylamine groups is 2. The standard InChI is InChI=1S/C17H25ClN2O4S/c1-17(2,3)9-16(20(22)12-21)11-25(23,24)19-7-6-13-4-5-15(18)8-14(13)10-19/h4-5,8,12,16,22H,6-7,9-11H2,1-3H3. The van der Waals surface area contributed by atoms with Gasteiger partial charge in [0.2, 0.25) is 16.4 Å². The topological polar surface area (TPSA) is 77.9 Å². The van der Waals surface area contributed by atoms with E-state index in [2.05, 4.69) is 0 Å². The molecule has 1 aliphatic heterocycles. The predicted molar refractivity (Wildman–Crippen MR) is 96.9 cm³/mol. The van der Waals surface area contributed by atoms with E-state index in [-0.39, 0.29) is 24.1 Å². The molecule has 0 radical (unpaired) electrons. The van der Waals surface area contributed by atoms with Gasteiger partial charge < -0.3 is 0 Å². The van der Waals surface area contributed by atoms with Crippen LogP contribution in [0.25, 0.3) is 0 Å². The quantitative estimate of drug-likeness (QED) is 0.461. The maximum absolute atomic E-state index is 12.8. The van der Waals surface area contributed by atoms with Crippen LogP contribution in [0.4, 0.5) is 0 Å². The zero-order chi connectivity index (χ0) is 18.8. The molecule has 0 saturated heterocycles. The van der Waals surface area contributed by atoms with Crippen LogP contribution in [0.3, 0.4) is 0 Å².